The van der Waals surface area contributed by atoms with Gasteiger partial charge < -0.3 is 9.80 Å². The third-order valence-electron chi connectivity index (χ3n) is 4.04. The fourth-order valence-electron chi connectivity index (χ4n) is 2.55. The lowest BCUT2D eigenvalue weighted by atomic mass is 10.1. The molecular weight excluding hydrogens is 266 g/mol. The second kappa shape index (κ2) is 8.12. The van der Waals surface area contributed by atoms with E-state index in [0.29, 0.717) is 5.69 Å². The Balaban J connectivity index is 1.77. The summed E-state index contributed by atoms with van der Waals surface area (Å²) in [6.07, 6.45) is 7.94. The van der Waals surface area contributed by atoms with Crippen LogP contribution in [0.5, 0.6) is 0 Å². The molecule has 6 heteroatoms. The van der Waals surface area contributed by atoms with Gasteiger partial charge in [-0.05, 0) is 13.5 Å². The number of aromatic nitrogens is 3. The summed E-state index contributed by atoms with van der Waals surface area (Å²) in [5.41, 5.74) is 0.480. The minimum Gasteiger partial charge on any atom is -0.335 e. The van der Waals surface area contributed by atoms with Gasteiger partial charge >= 0.3 is 0 Å². The number of carbonyl (C=O) groups excluding carboxylic acids is 1. The summed E-state index contributed by atoms with van der Waals surface area (Å²) in [7, 11) is 2.08. The zero-order valence-corrected chi connectivity index (χ0v) is 13.3. The number of rotatable bonds is 7. The van der Waals surface area contributed by atoms with Crippen molar-refractivity contribution in [3.8, 4) is 0 Å². The Morgan fingerprint density at radius 1 is 1.14 bits per heavy atom. The van der Waals surface area contributed by atoms with E-state index in [9.17, 15) is 4.79 Å². The van der Waals surface area contributed by atoms with Gasteiger partial charge in [-0.25, -0.2) is 0 Å². The van der Waals surface area contributed by atoms with E-state index in [1.807, 2.05) is 4.90 Å². The smallest absolute Gasteiger partial charge is 0.276 e. The molecule has 2 heterocycles. The molecule has 0 atom stereocenters. The molecule has 1 amide bonds. The van der Waals surface area contributed by atoms with Crippen molar-refractivity contribution in [2.24, 2.45) is 0 Å². The molecule has 0 aliphatic carbocycles. The van der Waals surface area contributed by atoms with E-state index in [2.05, 4.69) is 29.2 Å². The van der Waals surface area contributed by atoms with Crippen LogP contribution >= 0.6 is 0 Å². The molecule has 1 saturated heterocycles. The highest BCUT2D eigenvalue weighted by Gasteiger charge is 2.22. The van der Waals surface area contributed by atoms with Gasteiger partial charge in [-0.15, -0.1) is 5.10 Å². The highest BCUT2D eigenvalue weighted by atomic mass is 16.2. The van der Waals surface area contributed by atoms with Crippen LogP contribution in [-0.2, 0) is 6.54 Å². The summed E-state index contributed by atoms with van der Waals surface area (Å²) in [5.74, 6) is 0.0142. The predicted molar refractivity (Wildman–Crippen MR) is 82.2 cm³/mol. The number of amides is 1. The van der Waals surface area contributed by atoms with Crippen molar-refractivity contribution in [3.63, 3.8) is 0 Å². The molecule has 2 rings (SSSR count). The van der Waals surface area contributed by atoms with Crippen molar-refractivity contribution in [3.05, 3.63) is 11.9 Å². The number of carbonyl (C=O) groups is 1. The number of hydrogen-bond acceptors (Lipinski definition) is 4. The number of likely N-dealkylation sites (N-methyl/N-ethyl adjacent to an activating group) is 1. The molecule has 0 unspecified atom stereocenters. The molecule has 1 aromatic heterocycles. The van der Waals surface area contributed by atoms with Gasteiger partial charge in [-0.3, -0.25) is 9.48 Å². The van der Waals surface area contributed by atoms with Crippen LogP contribution in [0, 0.1) is 0 Å². The van der Waals surface area contributed by atoms with Gasteiger partial charge in [0.1, 0.15) is 0 Å². The normalized spacial score (nSPS) is 16.4. The van der Waals surface area contributed by atoms with Crippen LogP contribution in [0.4, 0.5) is 0 Å². The maximum absolute atomic E-state index is 12.3. The lowest BCUT2D eigenvalue weighted by Gasteiger charge is -2.31. The van der Waals surface area contributed by atoms with Gasteiger partial charge in [0.2, 0.25) is 0 Å². The first-order valence-corrected chi connectivity index (χ1v) is 8.08. The predicted octanol–water partition coefficient (Wildman–Crippen LogP) is 1.64. The molecule has 118 valence electrons. The first kappa shape index (κ1) is 15.9. The Labute approximate surface area is 127 Å². The van der Waals surface area contributed by atoms with Gasteiger partial charge in [0.25, 0.3) is 5.91 Å². The SMILES string of the molecule is CCCCCCCn1cc(C(=O)N2CCN(C)CC2)nn1. The summed E-state index contributed by atoms with van der Waals surface area (Å²) in [4.78, 5) is 16.4. The average Bonchev–Trinajstić information content (AvgIpc) is 2.96. The van der Waals surface area contributed by atoms with Crippen LogP contribution in [0.25, 0.3) is 0 Å². The van der Waals surface area contributed by atoms with Crippen LogP contribution in [0.2, 0.25) is 0 Å². The first-order chi connectivity index (χ1) is 10.2. The number of unbranched alkanes of at least 4 members (excludes halogenated alkanes) is 4. The second-order valence-electron chi connectivity index (χ2n) is 5.88. The summed E-state index contributed by atoms with van der Waals surface area (Å²) < 4.78 is 1.80. The molecule has 0 saturated carbocycles. The van der Waals surface area contributed by atoms with Crippen molar-refractivity contribution in [2.45, 2.75) is 45.6 Å². The van der Waals surface area contributed by atoms with Crippen LogP contribution in [0.3, 0.4) is 0 Å². The van der Waals surface area contributed by atoms with Gasteiger partial charge in [-0.1, -0.05) is 37.8 Å². The van der Waals surface area contributed by atoms with Gasteiger partial charge in [0, 0.05) is 32.7 Å². The second-order valence-corrected chi connectivity index (χ2v) is 5.88. The highest BCUT2D eigenvalue weighted by Crippen LogP contribution is 2.07. The first-order valence-electron chi connectivity index (χ1n) is 8.08. The van der Waals surface area contributed by atoms with Gasteiger partial charge in [-0.2, -0.15) is 0 Å². The number of aryl methyl sites for hydroxylation is 1. The molecule has 6 nitrogen and oxygen atoms in total. The molecule has 0 aromatic carbocycles. The van der Waals surface area contributed by atoms with Crippen LogP contribution in [-0.4, -0.2) is 63.9 Å². The summed E-state index contributed by atoms with van der Waals surface area (Å²) in [6.45, 7) is 6.48. The summed E-state index contributed by atoms with van der Waals surface area (Å²) >= 11 is 0. The maximum atomic E-state index is 12.3. The van der Waals surface area contributed by atoms with E-state index >= 15 is 0 Å². The molecule has 21 heavy (non-hydrogen) atoms. The quantitative estimate of drug-likeness (QED) is 0.717. The average molecular weight is 293 g/mol. The fraction of sp³-hybridized carbons (Fsp3) is 0.800. The lowest BCUT2D eigenvalue weighted by Crippen LogP contribution is -2.47. The molecular formula is C15H27N5O. The Bertz CT molecular complexity index is 437. The molecule has 0 N–H and O–H groups in total. The molecule has 0 radical (unpaired) electrons. The van der Waals surface area contributed by atoms with Crippen molar-refractivity contribution >= 4 is 5.91 Å². The van der Waals surface area contributed by atoms with E-state index < -0.39 is 0 Å². The van der Waals surface area contributed by atoms with Gasteiger partial charge in [0.05, 0.1) is 6.20 Å². The number of hydrogen-bond donors (Lipinski definition) is 0. The van der Waals surface area contributed by atoms with Crippen molar-refractivity contribution < 1.29 is 4.79 Å². The standard InChI is InChI=1S/C15H27N5O/c1-3-4-5-6-7-8-20-13-14(16-17-20)15(21)19-11-9-18(2)10-12-19/h13H,3-12H2,1-2H3. The number of piperazine rings is 1. The number of nitrogens with zero attached hydrogens (tertiary/aromatic N) is 5. The molecule has 1 aliphatic rings. The highest BCUT2D eigenvalue weighted by molar-refractivity contribution is 5.92. The van der Waals surface area contributed by atoms with Gasteiger partial charge in [0.15, 0.2) is 5.69 Å². The monoisotopic (exact) mass is 293 g/mol. The van der Waals surface area contributed by atoms with E-state index in [0.717, 1.165) is 39.1 Å². The zero-order chi connectivity index (χ0) is 15.1. The van der Waals surface area contributed by atoms with Crippen LogP contribution in [0.15, 0.2) is 6.20 Å². The minimum atomic E-state index is 0.0142. The van der Waals surface area contributed by atoms with Crippen LogP contribution in [0.1, 0.15) is 49.5 Å². The van der Waals surface area contributed by atoms with E-state index in [4.69, 9.17) is 0 Å². The van der Waals surface area contributed by atoms with E-state index in [1.54, 1.807) is 10.9 Å². The minimum absolute atomic E-state index is 0.0142. The largest absolute Gasteiger partial charge is 0.335 e. The summed E-state index contributed by atoms with van der Waals surface area (Å²) in [6, 6.07) is 0. The Hall–Kier alpha value is -1.43. The topological polar surface area (TPSA) is 54.3 Å². The Morgan fingerprint density at radius 2 is 1.86 bits per heavy atom. The molecule has 0 bridgehead atoms. The van der Waals surface area contributed by atoms with E-state index in [-0.39, 0.29) is 5.91 Å². The Kier molecular flexibility index (Phi) is 6.17. The lowest BCUT2D eigenvalue weighted by molar-refractivity contribution is 0.0658. The molecule has 1 aromatic rings. The fourth-order valence-corrected chi connectivity index (χ4v) is 2.55. The zero-order valence-electron chi connectivity index (χ0n) is 13.3. The summed E-state index contributed by atoms with van der Waals surface area (Å²) in [5, 5.41) is 8.11. The van der Waals surface area contributed by atoms with Crippen LogP contribution < -0.4 is 0 Å². The van der Waals surface area contributed by atoms with Crippen molar-refractivity contribution in [2.75, 3.05) is 33.2 Å². The molecule has 1 fully saturated rings. The third kappa shape index (κ3) is 4.81. The molecule has 0 spiro atoms. The van der Waals surface area contributed by atoms with Crippen molar-refractivity contribution in [1.29, 1.82) is 0 Å². The van der Waals surface area contributed by atoms with Crippen molar-refractivity contribution in [1.82, 2.24) is 24.8 Å². The maximum Gasteiger partial charge on any atom is 0.276 e. The Morgan fingerprint density at radius 3 is 2.57 bits per heavy atom. The third-order valence-corrected chi connectivity index (χ3v) is 4.04. The molecule has 1 aliphatic heterocycles. The van der Waals surface area contributed by atoms with E-state index in [1.165, 1.54) is 25.7 Å².